The van der Waals surface area contributed by atoms with Crippen molar-refractivity contribution in [2.75, 3.05) is 12.4 Å². The number of phenols is 1. The Hall–Kier alpha value is -5.02. The number of anilines is 1. The fourth-order valence-electron chi connectivity index (χ4n) is 4.43. The van der Waals surface area contributed by atoms with Crippen molar-refractivity contribution in [1.82, 2.24) is 0 Å². The van der Waals surface area contributed by atoms with Gasteiger partial charge in [-0.3, -0.25) is 4.79 Å². The second-order valence-electron chi connectivity index (χ2n) is 9.32. The van der Waals surface area contributed by atoms with Gasteiger partial charge in [-0.05, 0) is 47.3 Å². The summed E-state index contributed by atoms with van der Waals surface area (Å²) in [6, 6.07) is 31.4. The van der Waals surface area contributed by atoms with Gasteiger partial charge in [-0.15, -0.1) is 10.2 Å². The van der Waals surface area contributed by atoms with Gasteiger partial charge >= 0.3 is 0 Å². The standard InChI is InChI=1S/C32H27N3O5S/c1-40-29-17-16-26(41(38,39)21-22-10-4-2-5-11-22)20-28(29)34-35-31-27-15-9-8-12-23(27)18-24(32(31)37)19-30(36)33-25-13-6-3-7-14-25/h2-18,20,37H,19,21H2,1H3,(H,33,36). The maximum Gasteiger partial charge on any atom is 0.228 e. The minimum Gasteiger partial charge on any atom is -0.505 e. The molecule has 0 saturated heterocycles. The van der Waals surface area contributed by atoms with Gasteiger partial charge < -0.3 is 15.2 Å². The maximum atomic E-state index is 13.1. The number of fused-ring (bicyclic) bond motifs is 1. The van der Waals surface area contributed by atoms with E-state index in [2.05, 4.69) is 15.5 Å². The number of azo groups is 1. The lowest BCUT2D eigenvalue weighted by Gasteiger charge is -2.12. The number of methoxy groups -OCH3 is 1. The van der Waals surface area contributed by atoms with Crippen LogP contribution >= 0.6 is 0 Å². The van der Waals surface area contributed by atoms with E-state index >= 15 is 0 Å². The smallest absolute Gasteiger partial charge is 0.228 e. The predicted octanol–water partition coefficient (Wildman–Crippen LogP) is 7.12. The summed E-state index contributed by atoms with van der Waals surface area (Å²) in [5.41, 5.74) is 2.02. The topological polar surface area (TPSA) is 117 Å². The van der Waals surface area contributed by atoms with Crippen LogP contribution in [0, 0.1) is 0 Å². The molecule has 0 radical (unpaired) electrons. The Balaban J connectivity index is 1.50. The van der Waals surface area contributed by atoms with Crippen molar-refractivity contribution >= 4 is 43.6 Å². The summed E-state index contributed by atoms with van der Waals surface area (Å²) < 4.78 is 31.7. The van der Waals surface area contributed by atoms with E-state index in [9.17, 15) is 18.3 Å². The normalized spacial score (nSPS) is 11.5. The molecule has 0 aliphatic carbocycles. The van der Waals surface area contributed by atoms with Gasteiger partial charge in [0, 0.05) is 16.6 Å². The molecule has 0 heterocycles. The number of nitrogens with zero attached hydrogens (tertiary/aromatic N) is 2. The zero-order valence-corrected chi connectivity index (χ0v) is 23.0. The third kappa shape index (κ3) is 6.42. The Morgan fingerprint density at radius 1 is 0.854 bits per heavy atom. The monoisotopic (exact) mass is 565 g/mol. The molecular formula is C32H27N3O5S. The highest BCUT2D eigenvalue weighted by molar-refractivity contribution is 7.90. The number of phenolic OH excluding ortho intramolecular Hbond substituents is 1. The zero-order valence-electron chi connectivity index (χ0n) is 22.2. The van der Waals surface area contributed by atoms with Crippen molar-refractivity contribution in [3.63, 3.8) is 0 Å². The molecule has 0 fully saturated rings. The summed E-state index contributed by atoms with van der Waals surface area (Å²) in [5.74, 6) is -0.352. The average Bonchev–Trinajstić information content (AvgIpc) is 2.98. The third-order valence-electron chi connectivity index (χ3n) is 6.45. The fourth-order valence-corrected chi connectivity index (χ4v) is 5.80. The highest BCUT2D eigenvalue weighted by Crippen LogP contribution is 2.41. The minimum absolute atomic E-state index is 0.0662. The molecule has 41 heavy (non-hydrogen) atoms. The number of para-hydroxylation sites is 1. The van der Waals surface area contributed by atoms with Crippen molar-refractivity contribution < 1.29 is 23.1 Å². The number of sulfone groups is 1. The van der Waals surface area contributed by atoms with Gasteiger partial charge in [0.05, 0.1) is 24.2 Å². The van der Waals surface area contributed by atoms with E-state index in [1.807, 2.05) is 36.4 Å². The van der Waals surface area contributed by atoms with Crippen LogP contribution in [-0.2, 0) is 26.8 Å². The number of carbonyl (C=O) groups excluding carboxylic acids is 1. The molecule has 5 aromatic carbocycles. The summed E-state index contributed by atoms with van der Waals surface area (Å²) in [6.07, 6.45) is -0.0926. The first-order valence-electron chi connectivity index (χ1n) is 12.8. The summed E-state index contributed by atoms with van der Waals surface area (Å²) in [4.78, 5) is 12.8. The van der Waals surface area contributed by atoms with E-state index in [0.717, 1.165) is 5.39 Å². The van der Waals surface area contributed by atoms with Crippen LogP contribution in [0.5, 0.6) is 11.5 Å². The number of ether oxygens (including phenoxy) is 1. The Morgan fingerprint density at radius 2 is 1.54 bits per heavy atom. The first-order chi connectivity index (χ1) is 19.8. The molecule has 0 spiro atoms. The zero-order chi connectivity index (χ0) is 28.8. The highest BCUT2D eigenvalue weighted by atomic mass is 32.2. The summed E-state index contributed by atoms with van der Waals surface area (Å²) in [7, 11) is -2.23. The summed E-state index contributed by atoms with van der Waals surface area (Å²) >= 11 is 0. The quantitative estimate of drug-likeness (QED) is 0.185. The number of hydrogen-bond donors (Lipinski definition) is 2. The molecule has 0 saturated carbocycles. The van der Waals surface area contributed by atoms with E-state index in [4.69, 9.17) is 4.74 Å². The number of nitrogens with one attached hydrogen (secondary N) is 1. The van der Waals surface area contributed by atoms with Crippen LogP contribution in [0.3, 0.4) is 0 Å². The van der Waals surface area contributed by atoms with Crippen LogP contribution in [0.2, 0.25) is 0 Å². The summed E-state index contributed by atoms with van der Waals surface area (Å²) in [5, 5.41) is 24.0. The van der Waals surface area contributed by atoms with Crippen LogP contribution < -0.4 is 10.1 Å². The third-order valence-corrected chi connectivity index (χ3v) is 8.13. The second kappa shape index (κ2) is 12.0. The van der Waals surface area contributed by atoms with Crippen LogP contribution in [0.25, 0.3) is 10.8 Å². The van der Waals surface area contributed by atoms with Crippen LogP contribution in [0.15, 0.2) is 124 Å². The number of amides is 1. The number of aromatic hydroxyl groups is 1. The number of carbonyl (C=O) groups is 1. The first kappa shape index (κ1) is 27.5. The molecule has 8 nitrogen and oxygen atoms in total. The Bertz CT molecular complexity index is 1840. The largest absolute Gasteiger partial charge is 0.505 e. The molecule has 0 atom stereocenters. The van der Waals surface area contributed by atoms with E-state index in [1.54, 1.807) is 54.6 Å². The molecule has 0 aliphatic rings. The predicted molar refractivity (Wildman–Crippen MR) is 159 cm³/mol. The van der Waals surface area contributed by atoms with E-state index in [1.165, 1.54) is 25.3 Å². The molecule has 206 valence electrons. The van der Waals surface area contributed by atoms with Crippen molar-refractivity contribution in [1.29, 1.82) is 0 Å². The van der Waals surface area contributed by atoms with Crippen LogP contribution in [-0.4, -0.2) is 26.5 Å². The molecule has 2 N–H and O–H groups in total. The number of benzene rings is 5. The molecule has 0 unspecified atom stereocenters. The lowest BCUT2D eigenvalue weighted by Crippen LogP contribution is -2.14. The number of rotatable bonds is 9. The van der Waals surface area contributed by atoms with Crippen LogP contribution in [0.4, 0.5) is 17.1 Å². The molecule has 5 rings (SSSR count). The fraction of sp³-hybridized carbons (Fsp3) is 0.0938. The molecule has 5 aromatic rings. The SMILES string of the molecule is COc1ccc(S(=O)(=O)Cc2ccccc2)cc1N=Nc1c(O)c(CC(=O)Nc2ccccc2)cc2ccccc12. The van der Waals surface area contributed by atoms with E-state index < -0.39 is 9.84 Å². The van der Waals surface area contributed by atoms with Crippen molar-refractivity contribution in [2.24, 2.45) is 10.2 Å². The molecule has 0 aromatic heterocycles. The van der Waals surface area contributed by atoms with Crippen LogP contribution in [0.1, 0.15) is 11.1 Å². The van der Waals surface area contributed by atoms with E-state index in [0.29, 0.717) is 28.0 Å². The van der Waals surface area contributed by atoms with Crippen molar-refractivity contribution in [3.05, 3.63) is 120 Å². The lowest BCUT2D eigenvalue weighted by atomic mass is 10.0. The van der Waals surface area contributed by atoms with Gasteiger partial charge in [0.1, 0.15) is 22.9 Å². The van der Waals surface area contributed by atoms with Gasteiger partial charge in [0.2, 0.25) is 5.91 Å². The molecule has 0 bridgehead atoms. The summed E-state index contributed by atoms with van der Waals surface area (Å²) in [6.45, 7) is 0. The second-order valence-corrected chi connectivity index (χ2v) is 11.3. The Morgan fingerprint density at radius 3 is 2.27 bits per heavy atom. The van der Waals surface area contributed by atoms with E-state index in [-0.39, 0.29) is 40.1 Å². The maximum absolute atomic E-state index is 13.1. The van der Waals surface area contributed by atoms with Crippen molar-refractivity contribution in [3.8, 4) is 11.5 Å². The molecule has 0 aliphatic heterocycles. The Kier molecular flexibility index (Phi) is 8.07. The Labute approximate surface area is 237 Å². The first-order valence-corrected chi connectivity index (χ1v) is 14.4. The van der Waals surface area contributed by atoms with Gasteiger partial charge in [0.15, 0.2) is 9.84 Å². The minimum atomic E-state index is -3.68. The number of hydrogen-bond acceptors (Lipinski definition) is 7. The molecular weight excluding hydrogens is 538 g/mol. The average molecular weight is 566 g/mol. The van der Waals surface area contributed by atoms with Crippen molar-refractivity contribution in [2.45, 2.75) is 17.1 Å². The van der Waals surface area contributed by atoms with Gasteiger partial charge in [-0.25, -0.2) is 8.42 Å². The molecule has 9 heteroatoms. The van der Waals surface area contributed by atoms with Gasteiger partial charge in [-0.1, -0.05) is 72.8 Å². The highest BCUT2D eigenvalue weighted by Gasteiger charge is 2.19. The molecule has 1 amide bonds. The van der Waals surface area contributed by atoms with Gasteiger partial charge in [0.25, 0.3) is 0 Å². The van der Waals surface area contributed by atoms with Gasteiger partial charge in [-0.2, -0.15) is 0 Å². The lowest BCUT2D eigenvalue weighted by molar-refractivity contribution is -0.115.